The van der Waals surface area contributed by atoms with Crippen LogP contribution in [0.25, 0.3) is 11.1 Å². The lowest BCUT2D eigenvalue weighted by atomic mass is 9.93. The van der Waals surface area contributed by atoms with Crippen LogP contribution in [0.1, 0.15) is 40.5 Å². The average Bonchev–Trinajstić information content (AvgIpc) is 3.19. The van der Waals surface area contributed by atoms with Gasteiger partial charge in [0.05, 0.1) is 16.8 Å². The van der Waals surface area contributed by atoms with Crippen LogP contribution in [-0.4, -0.2) is 38.7 Å². The highest BCUT2D eigenvalue weighted by Crippen LogP contribution is 2.37. The number of nitriles is 1. The predicted molar refractivity (Wildman–Crippen MR) is 108 cm³/mol. The maximum Gasteiger partial charge on any atom is 0.250 e. The summed E-state index contributed by atoms with van der Waals surface area (Å²) in [4.78, 5) is 18.0. The molecular formula is C21H21N7O. The molecule has 0 saturated carbocycles. The zero-order valence-corrected chi connectivity index (χ0v) is 16.1. The summed E-state index contributed by atoms with van der Waals surface area (Å²) in [6, 6.07) is 9.65. The number of benzene rings is 1. The molecule has 2 N–H and O–H groups in total. The normalized spacial score (nSPS) is 14.6. The molecule has 0 aliphatic carbocycles. The topological polar surface area (TPSA) is 114 Å². The number of nitrogens with zero attached hydrogens (tertiary/aromatic N) is 6. The number of primary amides is 1. The van der Waals surface area contributed by atoms with Crippen molar-refractivity contribution in [2.24, 2.45) is 12.8 Å². The molecule has 146 valence electrons. The zero-order chi connectivity index (χ0) is 20.4. The van der Waals surface area contributed by atoms with Crippen LogP contribution in [0.3, 0.4) is 0 Å². The van der Waals surface area contributed by atoms with Crippen LogP contribution in [0, 0.1) is 11.3 Å². The minimum Gasteiger partial charge on any atom is -0.370 e. The van der Waals surface area contributed by atoms with Gasteiger partial charge < -0.3 is 15.2 Å². The number of hydrogen-bond donors (Lipinski definition) is 1. The molecule has 1 fully saturated rings. The molecule has 8 heteroatoms. The number of aromatic nitrogens is 4. The SMILES string of the molecule is Cn1cnnc1C1CCN(c2c(C#N)cccc2-c2cncc(C(N)=O)c2)CC1. The van der Waals surface area contributed by atoms with Crippen LogP contribution < -0.4 is 10.6 Å². The van der Waals surface area contributed by atoms with Crippen molar-refractivity contribution in [2.45, 2.75) is 18.8 Å². The summed E-state index contributed by atoms with van der Waals surface area (Å²) >= 11 is 0. The van der Waals surface area contributed by atoms with Gasteiger partial charge in [0.2, 0.25) is 5.91 Å². The van der Waals surface area contributed by atoms with Gasteiger partial charge in [-0.2, -0.15) is 5.26 Å². The minimum absolute atomic E-state index is 0.344. The number of carbonyl (C=O) groups is 1. The molecule has 8 nitrogen and oxygen atoms in total. The van der Waals surface area contributed by atoms with E-state index in [2.05, 4.69) is 26.2 Å². The molecule has 1 saturated heterocycles. The number of nitrogens with two attached hydrogens (primary N) is 1. The van der Waals surface area contributed by atoms with E-state index in [9.17, 15) is 10.1 Å². The molecule has 1 aliphatic rings. The van der Waals surface area contributed by atoms with E-state index in [4.69, 9.17) is 5.73 Å². The van der Waals surface area contributed by atoms with E-state index in [0.29, 0.717) is 17.0 Å². The van der Waals surface area contributed by atoms with Gasteiger partial charge >= 0.3 is 0 Å². The molecule has 3 aromatic rings. The van der Waals surface area contributed by atoms with Gasteiger partial charge in [-0.1, -0.05) is 12.1 Å². The summed E-state index contributed by atoms with van der Waals surface area (Å²) in [5.74, 6) is 0.815. The Morgan fingerprint density at radius 2 is 2.07 bits per heavy atom. The molecule has 1 amide bonds. The van der Waals surface area contributed by atoms with Crippen molar-refractivity contribution in [1.82, 2.24) is 19.7 Å². The highest BCUT2D eigenvalue weighted by Gasteiger charge is 2.27. The van der Waals surface area contributed by atoms with Gasteiger partial charge in [-0.3, -0.25) is 9.78 Å². The van der Waals surface area contributed by atoms with Crippen molar-refractivity contribution >= 4 is 11.6 Å². The monoisotopic (exact) mass is 387 g/mol. The number of piperidine rings is 1. The molecule has 1 aliphatic heterocycles. The smallest absolute Gasteiger partial charge is 0.250 e. The standard InChI is InChI=1S/C21H21N7O/c1-27-13-25-26-21(27)14-5-7-28(8-6-14)19-15(10-22)3-2-4-18(19)16-9-17(20(23)29)12-24-11-16/h2-4,9,11-14H,5-8H2,1H3,(H2,23,29). The van der Waals surface area contributed by atoms with Gasteiger partial charge in [-0.15, -0.1) is 10.2 Å². The summed E-state index contributed by atoms with van der Waals surface area (Å²) in [6.07, 6.45) is 6.71. The van der Waals surface area contributed by atoms with E-state index < -0.39 is 5.91 Å². The van der Waals surface area contributed by atoms with E-state index in [0.717, 1.165) is 48.6 Å². The summed E-state index contributed by atoms with van der Waals surface area (Å²) in [5, 5.41) is 18.0. The number of carbonyl (C=O) groups excluding carboxylic acids is 1. The molecule has 0 radical (unpaired) electrons. The summed E-state index contributed by atoms with van der Waals surface area (Å²) < 4.78 is 1.97. The molecule has 0 atom stereocenters. The fraction of sp³-hybridized carbons (Fsp3) is 0.286. The number of anilines is 1. The Morgan fingerprint density at radius 3 is 2.72 bits per heavy atom. The number of amides is 1. The maximum atomic E-state index is 11.6. The molecule has 1 aromatic carbocycles. The maximum absolute atomic E-state index is 11.6. The van der Waals surface area contributed by atoms with Crippen molar-refractivity contribution < 1.29 is 4.79 Å². The summed E-state index contributed by atoms with van der Waals surface area (Å²) in [6.45, 7) is 1.60. The largest absolute Gasteiger partial charge is 0.370 e. The first-order valence-corrected chi connectivity index (χ1v) is 9.45. The van der Waals surface area contributed by atoms with Crippen LogP contribution in [-0.2, 0) is 7.05 Å². The van der Waals surface area contributed by atoms with Crippen LogP contribution >= 0.6 is 0 Å². The second-order valence-electron chi connectivity index (χ2n) is 7.20. The number of para-hydroxylation sites is 1. The van der Waals surface area contributed by atoms with E-state index in [1.54, 1.807) is 18.6 Å². The lowest BCUT2D eigenvalue weighted by molar-refractivity contribution is 0.1000. The molecule has 0 bridgehead atoms. The molecule has 2 aromatic heterocycles. The van der Waals surface area contributed by atoms with Gasteiger partial charge in [0.1, 0.15) is 18.2 Å². The Kier molecular flexibility index (Phi) is 4.96. The third kappa shape index (κ3) is 3.55. The van der Waals surface area contributed by atoms with E-state index in [1.807, 2.05) is 29.8 Å². The second kappa shape index (κ2) is 7.72. The number of aryl methyl sites for hydroxylation is 1. The molecular weight excluding hydrogens is 366 g/mol. The van der Waals surface area contributed by atoms with Gasteiger partial charge in [-0.25, -0.2) is 0 Å². The fourth-order valence-electron chi connectivity index (χ4n) is 3.95. The van der Waals surface area contributed by atoms with Crippen molar-refractivity contribution in [2.75, 3.05) is 18.0 Å². The third-order valence-electron chi connectivity index (χ3n) is 5.41. The number of pyridine rings is 1. The average molecular weight is 387 g/mol. The molecule has 4 rings (SSSR count). The number of rotatable bonds is 4. The fourth-order valence-corrected chi connectivity index (χ4v) is 3.95. The van der Waals surface area contributed by atoms with Crippen LogP contribution in [0.4, 0.5) is 5.69 Å². The Morgan fingerprint density at radius 1 is 1.28 bits per heavy atom. The van der Waals surface area contributed by atoms with Crippen molar-refractivity contribution in [3.05, 3.63) is 59.9 Å². The van der Waals surface area contributed by atoms with Gasteiger partial charge in [0.15, 0.2) is 0 Å². The molecule has 29 heavy (non-hydrogen) atoms. The van der Waals surface area contributed by atoms with Crippen molar-refractivity contribution in [3.8, 4) is 17.2 Å². The highest BCUT2D eigenvalue weighted by atomic mass is 16.1. The Bertz CT molecular complexity index is 1090. The second-order valence-corrected chi connectivity index (χ2v) is 7.20. The van der Waals surface area contributed by atoms with Gasteiger partial charge in [-0.05, 0) is 25.0 Å². The van der Waals surface area contributed by atoms with Crippen LogP contribution in [0.5, 0.6) is 0 Å². The molecule has 0 spiro atoms. The lowest BCUT2D eigenvalue weighted by Gasteiger charge is -2.35. The Hall–Kier alpha value is -3.73. The first-order valence-electron chi connectivity index (χ1n) is 9.45. The number of hydrogen-bond acceptors (Lipinski definition) is 6. The first kappa shape index (κ1) is 18.6. The van der Waals surface area contributed by atoms with Gasteiger partial charge in [0, 0.05) is 49.6 Å². The van der Waals surface area contributed by atoms with Crippen LogP contribution in [0.15, 0.2) is 43.0 Å². The predicted octanol–water partition coefficient (Wildman–Crippen LogP) is 2.23. The zero-order valence-electron chi connectivity index (χ0n) is 16.1. The third-order valence-corrected chi connectivity index (χ3v) is 5.41. The molecule has 3 heterocycles. The van der Waals surface area contributed by atoms with E-state index in [1.165, 1.54) is 6.20 Å². The summed E-state index contributed by atoms with van der Waals surface area (Å²) in [7, 11) is 1.96. The minimum atomic E-state index is -0.526. The van der Waals surface area contributed by atoms with Crippen molar-refractivity contribution in [3.63, 3.8) is 0 Å². The summed E-state index contributed by atoms with van der Waals surface area (Å²) in [5.41, 5.74) is 8.87. The first-order chi connectivity index (χ1) is 14.1. The van der Waals surface area contributed by atoms with E-state index >= 15 is 0 Å². The lowest BCUT2D eigenvalue weighted by Crippen LogP contribution is -2.34. The highest BCUT2D eigenvalue weighted by molar-refractivity contribution is 5.94. The van der Waals surface area contributed by atoms with Crippen LogP contribution in [0.2, 0.25) is 0 Å². The Balaban J connectivity index is 1.68. The van der Waals surface area contributed by atoms with E-state index in [-0.39, 0.29) is 0 Å². The quantitative estimate of drug-likeness (QED) is 0.734. The van der Waals surface area contributed by atoms with Gasteiger partial charge in [0.25, 0.3) is 0 Å². The van der Waals surface area contributed by atoms with Crippen molar-refractivity contribution in [1.29, 1.82) is 5.26 Å². The molecule has 0 unspecified atom stereocenters. The Labute approximate surface area is 168 Å².